The second-order valence-corrected chi connectivity index (χ2v) is 6.74. The fourth-order valence-electron chi connectivity index (χ4n) is 3.47. The summed E-state index contributed by atoms with van der Waals surface area (Å²) in [6.07, 6.45) is 6.64. The zero-order valence-electron chi connectivity index (χ0n) is 13.9. The van der Waals surface area contributed by atoms with Gasteiger partial charge >= 0.3 is 0 Å². The molecule has 1 saturated heterocycles. The summed E-state index contributed by atoms with van der Waals surface area (Å²) < 4.78 is 5.28. The van der Waals surface area contributed by atoms with E-state index in [1.54, 1.807) is 7.11 Å². The molecule has 124 valence electrons. The van der Waals surface area contributed by atoms with Crippen molar-refractivity contribution in [2.45, 2.75) is 46.0 Å². The lowest BCUT2D eigenvalue weighted by molar-refractivity contribution is 0.157. The van der Waals surface area contributed by atoms with Crippen LogP contribution in [0, 0.1) is 11.3 Å². The van der Waals surface area contributed by atoms with Crippen molar-refractivity contribution in [2.24, 2.45) is 16.3 Å². The van der Waals surface area contributed by atoms with Gasteiger partial charge in [-0.1, -0.05) is 19.8 Å². The van der Waals surface area contributed by atoms with Crippen LogP contribution in [0.5, 0.6) is 0 Å². The van der Waals surface area contributed by atoms with E-state index in [0.717, 1.165) is 38.7 Å². The number of halogens is 1. The summed E-state index contributed by atoms with van der Waals surface area (Å²) in [5.74, 6) is 1.77. The molecule has 0 amide bonds. The molecule has 4 nitrogen and oxygen atoms in total. The summed E-state index contributed by atoms with van der Waals surface area (Å²) in [7, 11) is 1.79. The molecule has 0 aromatic carbocycles. The van der Waals surface area contributed by atoms with Crippen molar-refractivity contribution < 1.29 is 4.74 Å². The van der Waals surface area contributed by atoms with E-state index in [9.17, 15) is 0 Å². The van der Waals surface area contributed by atoms with Crippen molar-refractivity contribution in [3.8, 4) is 0 Å². The molecular formula is C16H32IN3O. The van der Waals surface area contributed by atoms with E-state index in [0.29, 0.717) is 11.3 Å². The van der Waals surface area contributed by atoms with Gasteiger partial charge in [0.15, 0.2) is 5.96 Å². The van der Waals surface area contributed by atoms with Crippen LogP contribution in [-0.4, -0.2) is 50.8 Å². The molecule has 1 heterocycles. The zero-order chi connectivity index (χ0) is 14.4. The predicted octanol–water partition coefficient (Wildman–Crippen LogP) is 3.12. The van der Waals surface area contributed by atoms with Gasteiger partial charge in [0.25, 0.3) is 0 Å². The minimum absolute atomic E-state index is 0. The second kappa shape index (κ2) is 9.18. The third kappa shape index (κ3) is 5.58. The molecule has 0 aromatic heterocycles. The first-order valence-electron chi connectivity index (χ1n) is 8.19. The van der Waals surface area contributed by atoms with E-state index in [-0.39, 0.29) is 24.0 Å². The Morgan fingerprint density at radius 1 is 1.38 bits per heavy atom. The Kier molecular flexibility index (Phi) is 8.31. The first-order valence-corrected chi connectivity index (χ1v) is 8.19. The molecule has 1 atom stereocenters. The zero-order valence-corrected chi connectivity index (χ0v) is 16.2. The topological polar surface area (TPSA) is 36.9 Å². The maximum atomic E-state index is 5.28. The Labute approximate surface area is 147 Å². The number of aliphatic imine (C=N–C) groups is 1. The average Bonchev–Trinajstić information content (AvgIpc) is 3.05. The highest BCUT2D eigenvalue weighted by atomic mass is 127. The fraction of sp³-hybridized carbons (Fsp3) is 0.938. The predicted molar refractivity (Wildman–Crippen MR) is 99.5 cm³/mol. The number of ether oxygens (including phenoxy) is 1. The van der Waals surface area contributed by atoms with Gasteiger partial charge in [-0.2, -0.15) is 0 Å². The van der Waals surface area contributed by atoms with Gasteiger partial charge < -0.3 is 15.0 Å². The maximum absolute atomic E-state index is 5.28. The SMILES string of the molecule is CCNC(=NCC1(C)CCCC1)N1CCC(COC)C1.I. The van der Waals surface area contributed by atoms with Crippen LogP contribution in [0.4, 0.5) is 0 Å². The van der Waals surface area contributed by atoms with Crippen LogP contribution in [0.3, 0.4) is 0 Å². The largest absolute Gasteiger partial charge is 0.384 e. The molecule has 0 radical (unpaired) electrons. The van der Waals surface area contributed by atoms with Crippen LogP contribution >= 0.6 is 24.0 Å². The van der Waals surface area contributed by atoms with Gasteiger partial charge in [-0.3, -0.25) is 4.99 Å². The Hall–Kier alpha value is -0.0400. The summed E-state index contributed by atoms with van der Waals surface area (Å²) in [6.45, 7) is 9.52. The van der Waals surface area contributed by atoms with Crippen molar-refractivity contribution in [1.82, 2.24) is 10.2 Å². The van der Waals surface area contributed by atoms with Crippen LogP contribution in [0.1, 0.15) is 46.0 Å². The number of nitrogens with zero attached hydrogens (tertiary/aromatic N) is 2. The summed E-state index contributed by atoms with van der Waals surface area (Å²) in [6, 6.07) is 0. The minimum Gasteiger partial charge on any atom is -0.384 e. The fourth-order valence-corrected chi connectivity index (χ4v) is 3.47. The monoisotopic (exact) mass is 409 g/mol. The smallest absolute Gasteiger partial charge is 0.193 e. The molecular weight excluding hydrogens is 377 g/mol. The Bertz CT molecular complexity index is 329. The van der Waals surface area contributed by atoms with Gasteiger partial charge in [0.2, 0.25) is 0 Å². The van der Waals surface area contributed by atoms with Gasteiger partial charge in [0, 0.05) is 39.2 Å². The number of guanidine groups is 1. The summed E-state index contributed by atoms with van der Waals surface area (Å²) in [5, 5.41) is 3.46. The molecule has 0 aromatic rings. The normalized spacial score (nSPS) is 25.0. The third-order valence-corrected chi connectivity index (χ3v) is 4.74. The quantitative estimate of drug-likeness (QED) is 0.431. The van der Waals surface area contributed by atoms with E-state index in [1.165, 1.54) is 32.1 Å². The summed E-state index contributed by atoms with van der Waals surface area (Å²) >= 11 is 0. The lowest BCUT2D eigenvalue weighted by Crippen LogP contribution is -2.41. The van der Waals surface area contributed by atoms with Crippen LogP contribution in [0.15, 0.2) is 4.99 Å². The van der Waals surface area contributed by atoms with Gasteiger partial charge in [0.05, 0.1) is 6.61 Å². The van der Waals surface area contributed by atoms with Crippen molar-refractivity contribution >= 4 is 29.9 Å². The number of methoxy groups -OCH3 is 1. The van der Waals surface area contributed by atoms with Gasteiger partial charge in [0.1, 0.15) is 0 Å². The van der Waals surface area contributed by atoms with Crippen LogP contribution in [0.2, 0.25) is 0 Å². The van der Waals surface area contributed by atoms with Crippen LogP contribution in [-0.2, 0) is 4.74 Å². The van der Waals surface area contributed by atoms with E-state index < -0.39 is 0 Å². The summed E-state index contributed by atoms with van der Waals surface area (Å²) in [5.41, 5.74) is 0.437. The van der Waals surface area contributed by atoms with Crippen molar-refractivity contribution in [3.63, 3.8) is 0 Å². The standard InChI is InChI=1S/C16H31N3O.HI/c1-4-17-15(18-13-16(2)8-5-6-9-16)19-10-7-14(11-19)12-20-3;/h14H,4-13H2,1-3H3,(H,17,18);1H. The molecule has 1 N–H and O–H groups in total. The highest BCUT2D eigenvalue weighted by Gasteiger charge is 2.29. The minimum atomic E-state index is 0. The molecule has 1 aliphatic carbocycles. The molecule has 5 heteroatoms. The Morgan fingerprint density at radius 2 is 2.10 bits per heavy atom. The molecule has 0 spiro atoms. The lowest BCUT2D eigenvalue weighted by atomic mass is 9.89. The molecule has 2 aliphatic rings. The van der Waals surface area contributed by atoms with E-state index >= 15 is 0 Å². The molecule has 0 bridgehead atoms. The Balaban J connectivity index is 0.00000220. The number of hydrogen-bond acceptors (Lipinski definition) is 2. The average molecular weight is 409 g/mol. The van der Waals surface area contributed by atoms with Crippen LogP contribution in [0.25, 0.3) is 0 Å². The molecule has 2 rings (SSSR count). The molecule has 1 saturated carbocycles. The van der Waals surface area contributed by atoms with Gasteiger partial charge in [-0.15, -0.1) is 24.0 Å². The van der Waals surface area contributed by atoms with Gasteiger partial charge in [-0.05, 0) is 31.6 Å². The Morgan fingerprint density at radius 3 is 2.71 bits per heavy atom. The van der Waals surface area contributed by atoms with E-state index in [1.807, 2.05) is 0 Å². The molecule has 1 unspecified atom stereocenters. The van der Waals surface area contributed by atoms with Crippen molar-refractivity contribution in [3.05, 3.63) is 0 Å². The first-order chi connectivity index (χ1) is 9.67. The van der Waals surface area contributed by atoms with Crippen molar-refractivity contribution in [1.29, 1.82) is 0 Å². The maximum Gasteiger partial charge on any atom is 0.193 e. The van der Waals surface area contributed by atoms with Gasteiger partial charge in [-0.25, -0.2) is 0 Å². The lowest BCUT2D eigenvalue weighted by Gasteiger charge is -2.25. The molecule has 21 heavy (non-hydrogen) atoms. The van der Waals surface area contributed by atoms with Crippen molar-refractivity contribution in [2.75, 3.05) is 39.9 Å². The highest BCUT2D eigenvalue weighted by molar-refractivity contribution is 14.0. The van der Waals surface area contributed by atoms with E-state index in [2.05, 4.69) is 24.1 Å². The number of hydrogen-bond donors (Lipinski definition) is 1. The first kappa shape index (κ1) is 19.0. The second-order valence-electron chi connectivity index (χ2n) is 6.74. The number of likely N-dealkylation sites (tertiary alicyclic amines) is 1. The van der Waals surface area contributed by atoms with E-state index in [4.69, 9.17) is 9.73 Å². The molecule has 1 aliphatic heterocycles. The highest BCUT2D eigenvalue weighted by Crippen LogP contribution is 2.37. The third-order valence-electron chi connectivity index (χ3n) is 4.74. The summed E-state index contributed by atoms with van der Waals surface area (Å²) in [4.78, 5) is 7.34. The number of rotatable bonds is 5. The molecule has 2 fully saturated rings. The van der Waals surface area contributed by atoms with Crippen LogP contribution < -0.4 is 5.32 Å². The number of nitrogens with one attached hydrogen (secondary N) is 1.